The molecule has 4 rings (SSSR count). The van der Waals surface area contributed by atoms with Gasteiger partial charge in [-0.2, -0.15) is 0 Å². The highest BCUT2D eigenvalue weighted by Gasteiger charge is 2.09. The molecule has 0 fully saturated rings. The van der Waals surface area contributed by atoms with Crippen molar-refractivity contribution < 1.29 is 0 Å². The Morgan fingerprint density at radius 3 is 2.29 bits per heavy atom. The first-order valence-corrected chi connectivity index (χ1v) is 8.11. The van der Waals surface area contributed by atoms with E-state index in [9.17, 15) is 0 Å². The summed E-state index contributed by atoms with van der Waals surface area (Å²) in [6.07, 6.45) is 1.87. The SMILES string of the molecule is Cc1ccccc1-c1ncc(-c2ccc3ccccc3c2)nc1C. The number of aryl methyl sites for hydroxylation is 2. The second-order valence-electron chi connectivity index (χ2n) is 6.07. The maximum Gasteiger partial charge on any atom is 0.0917 e. The van der Waals surface area contributed by atoms with Gasteiger partial charge in [0.25, 0.3) is 0 Å². The molecule has 3 aromatic carbocycles. The van der Waals surface area contributed by atoms with E-state index in [1.54, 1.807) is 0 Å². The van der Waals surface area contributed by atoms with E-state index < -0.39 is 0 Å². The molecule has 2 nitrogen and oxygen atoms in total. The number of hydrogen-bond acceptors (Lipinski definition) is 2. The van der Waals surface area contributed by atoms with Crippen LogP contribution in [0.15, 0.2) is 72.9 Å². The Bertz CT molecular complexity index is 1030. The average molecular weight is 310 g/mol. The van der Waals surface area contributed by atoms with Gasteiger partial charge in [-0.3, -0.25) is 4.98 Å². The Labute approximate surface area is 141 Å². The molecule has 0 N–H and O–H groups in total. The Morgan fingerprint density at radius 2 is 1.50 bits per heavy atom. The van der Waals surface area contributed by atoms with Crippen molar-refractivity contribution >= 4 is 10.8 Å². The molecule has 0 spiro atoms. The molecule has 0 aliphatic rings. The summed E-state index contributed by atoms with van der Waals surface area (Å²) in [5.74, 6) is 0. The van der Waals surface area contributed by atoms with E-state index in [0.717, 1.165) is 28.2 Å². The quantitative estimate of drug-likeness (QED) is 0.483. The summed E-state index contributed by atoms with van der Waals surface area (Å²) in [7, 11) is 0. The van der Waals surface area contributed by atoms with Gasteiger partial charge in [-0.25, -0.2) is 4.98 Å². The van der Waals surface area contributed by atoms with Gasteiger partial charge in [0.05, 0.1) is 23.3 Å². The third-order valence-electron chi connectivity index (χ3n) is 4.39. The summed E-state index contributed by atoms with van der Waals surface area (Å²) in [6, 6.07) is 23.1. The maximum atomic E-state index is 4.81. The first kappa shape index (κ1) is 14.6. The second kappa shape index (κ2) is 5.89. The van der Waals surface area contributed by atoms with Crippen LogP contribution in [-0.4, -0.2) is 9.97 Å². The van der Waals surface area contributed by atoms with Crippen LogP contribution in [0.2, 0.25) is 0 Å². The van der Waals surface area contributed by atoms with Crippen LogP contribution in [0.1, 0.15) is 11.3 Å². The zero-order valence-electron chi connectivity index (χ0n) is 13.8. The van der Waals surface area contributed by atoms with E-state index in [0.29, 0.717) is 0 Å². The number of hydrogen-bond donors (Lipinski definition) is 0. The smallest absolute Gasteiger partial charge is 0.0917 e. The zero-order valence-corrected chi connectivity index (χ0v) is 13.8. The summed E-state index contributed by atoms with van der Waals surface area (Å²) in [5, 5.41) is 2.46. The number of benzene rings is 3. The van der Waals surface area contributed by atoms with Gasteiger partial charge in [-0.15, -0.1) is 0 Å². The van der Waals surface area contributed by atoms with Crippen molar-refractivity contribution in [3.8, 4) is 22.5 Å². The molecule has 0 saturated carbocycles. The first-order valence-electron chi connectivity index (χ1n) is 8.11. The van der Waals surface area contributed by atoms with Crippen LogP contribution in [0.5, 0.6) is 0 Å². The van der Waals surface area contributed by atoms with Crippen molar-refractivity contribution in [3.63, 3.8) is 0 Å². The Balaban J connectivity index is 1.79. The van der Waals surface area contributed by atoms with E-state index in [1.807, 2.05) is 25.3 Å². The lowest BCUT2D eigenvalue weighted by Gasteiger charge is -2.10. The van der Waals surface area contributed by atoms with Gasteiger partial charge >= 0.3 is 0 Å². The molecular formula is C22H18N2. The molecular weight excluding hydrogens is 292 g/mol. The van der Waals surface area contributed by atoms with Gasteiger partial charge < -0.3 is 0 Å². The lowest BCUT2D eigenvalue weighted by atomic mass is 10.0. The molecule has 0 radical (unpaired) electrons. The molecule has 1 heterocycles. The highest BCUT2D eigenvalue weighted by molar-refractivity contribution is 5.86. The van der Waals surface area contributed by atoms with E-state index in [1.165, 1.54) is 16.3 Å². The van der Waals surface area contributed by atoms with Gasteiger partial charge in [0.2, 0.25) is 0 Å². The Kier molecular flexibility index (Phi) is 3.58. The fourth-order valence-corrected chi connectivity index (χ4v) is 3.07. The molecule has 116 valence electrons. The van der Waals surface area contributed by atoms with E-state index in [-0.39, 0.29) is 0 Å². The van der Waals surface area contributed by atoms with Crippen molar-refractivity contribution in [2.24, 2.45) is 0 Å². The van der Waals surface area contributed by atoms with Crippen LogP contribution in [0.25, 0.3) is 33.3 Å². The van der Waals surface area contributed by atoms with Gasteiger partial charge in [-0.05, 0) is 36.2 Å². The van der Waals surface area contributed by atoms with Crippen LogP contribution >= 0.6 is 0 Å². The van der Waals surface area contributed by atoms with E-state index in [4.69, 9.17) is 9.97 Å². The van der Waals surface area contributed by atoms with Crippen molar-refractivity contribution in [1.82, 2.24) is 9.97 Å². The molecule has 0 aliphatic heterocycles. The van der Waals surface area contributed by atoms with Crippen LogP contribution in [-0.2, 0) is 0 Å². The molecule has 4 aromatic rings. The first-order chi connectivity index (χ1) is 11.7. The van der Waals surface area contributed by atoms with Gasteiger partial charge in [0.15, 0.2) is 0 Å². The highest BCUT2D eigenvalue weighted by Crippen LogP contribution is 2.27. The topological polar surface area (TPSA) is 25.8 Å². The number of rotatable bonds is 2. The van der Waals surface area contributed by atoms with Crippen molar-refractivity contribution in [1.29, 1.82) is 0 Å². The minimum absolute atomic E-state index is 0.913. The third-order valence-corrected chi connectivity index (χ3v) is 4.39. The second-order valence-corrected chi connectivity index (χ2v) is 6.07. The summed E-state index contributed by atoms with van der Waals surface area (Å²) < 4.78 is 0. The predicted octanol–water partition coefficient (Wildman–Crippen LogP) is 5.58. The largest absolute Gasteiger partial charge is 0.252 e. The fourth-order valence-electron chi connectivity index (χ4n) is 3.07. The summed E-state index contributed by atoms with van der Waals surface area (Å²) in [5.41, 5.74) is 6.28. The van der Waals surface area contributed by atoms with Crippen molar-refractivity contribution in [2.75, 3.05) is 0 Å². The molecule has 0 amide bonds. The van der Waals surface area contributed by atoms with Gasteiger partial charge in [0, 0.05) is 11.1 Å². The lowest BCUT2D eigenvalue weighted by molar-refractivity contribution is 1.13. The number of nitrogens with zero attached hydrogens (tertiary/aromatic N) is 2. The predicted molar refractivity (Wildman–Crippen MR) is 99.9 cm³/mol. The van der Waals surface area contributed by atoms with E-state index >= 15 is 0 Å². The molecule has 0 bridgehead atoms. The molecule has 0 unspecified atom stereocenters. The monoisotopic (exact) mass is 310 g/mol. The van der Waals surface area contributed by atoms with Crippen molar-refractivity contribution in [2.45, 2.75) is 13.8 Å². The Hall–Kier alpha value is -3.00. The zero-order chi connectivity index (χ0) is 16.5. The summed E-state index contributed by atoms with van der Waals surface area (Å²) >= 11 is 0. The molecule has 0 aliphatic carbocycles. The fraction of sp³-hybridized carbons (Fsp3) is 0.0909. The molecule has 0 atom stereocenters. The minimum atomic E-state index is 0.913. The van der Waals surface area contributed by atoms with Crippen LogP contribution in [0, 0.1) is 13.8 Å². The third kappa shape index (κ3) is 2.56. The number of fused-ring (bicyclic) bond motifs is 1. The average Bonchev–Trinajstić information content (AvgIpc) is 2.62. The summed E-state index contributed by atoms with van der Waals surface area (Å²) in [4.78, 5) is 9.51. The maximum absolute atomic E-state index is 4.81. The molecule has 1 aromatic heterocycles. The highest BCUT2D eigenvalue weighted by atomic mass is 14.8. The van der Waals surface area contributed by atoms with Gasteiger partial charge in [0.1, 0.15) is 0 Å². The normalized spacial score (nSPS) is 10.9. The van der Waals surface area contributed by atoms with Crippen LogP contribution in [0.3, 0.4) is 0 Å². The number of aromatic nitrogens is 2. The van der Waals surface area contributed by atoms with Gasteiger partial charge in [-0.1, -0.05) is 60.7 Å². The molecule has 24 heavy (non-hydrogen) atoms. The lowest BCUT2D eigenvalue weighted by Crippen LogP contribution is -1.96. The standard InChI is InChI=1S/C22H18N2/c1-15-7-3-6-10-20(15)22-16(2)24-21(14-23-22)19-12-11-17-8-4-5-9-18(17)13-19/h3-14H,1-2H3. The van der Waals surface area contributed by atoms with E-state index in [2.05, 4.69) is 61.5 Å². The van der Waals surface area contributed by atoms with Crippen LogP contribution in [0.4, 0.5) is 0 Å². The van der Waals surface area contributed by atoms with Crippen LogP contribution < -0.4 is 0 Å². The summed E-state index contributed by atoms with van der Waals surface area (Å²) in [6.45, 7) is 4.13. The van der Waals surface area contributed by atoms with Crippen molar-refractivity contribution in [3.05, 3.63) is 84.2 Å². The molecule has 2 heteroatoms. The Morgan fingerprint density at radius 1 is 0.750 bits per heavy atom. The minimum Gasteiger partial charge on any atom is -0.252 e. The molecule has 0 saturated heterocycles.